The third kappa shape index (κ3) is 3.53. The molecular formula is C20H18FN3O3. The van der Waals surface area contributed by atoms with Crippen LogP contribution in [0.4, 0.5) is 4.39 Å². The van der Waals surface area contributed by atoms with E-state index in [0.29, 0.717) is 31.8 Å². The van der Waals surface area contributed by atoms with Gasteiger partial charge in [0, 0.05) is 26.2 Å². The molecule has 0 atom stereocenters. The van der Waals surface area contributed by atoms with Crippen LogP contribution >= 0.6 is 0 Å². The number of hydrogen-bond acceptors (Lipinski definition) is 4. The van der Waals surface area contributed by atoms with Crippen molar-refractivity contribution in [3.63, 3.8) is 0 Å². The summed E-state index contributed by atoms with van der Waals surface area (Å²) in [5.41, 5.74) is 2.33. The average Bonchev–Trinajstić information content (AvgIpc) is 3.16. The highest BCUT2D eigenvalue weighted by Gasteiger charge is 2.26. The number of hydrogen-bond donors (Lipinski definition) is 0. The molecule has 1 aliphatic rings. The molecule has 2 aromatic carbocycles. The van der Waals surface area contributed by atoms with Gasteiger partial charge in [0.1, 0.15) is 11.3 Å². The van der Waals surface area contributed by atoms with Crippen LogP contribution in [0.25, 0.3) is 11.1 Å². The normalized spacial score (nSPS) is 14.6. The van der Waals surface area contributed by atoms with E-state index in [0.717, 1.165) is 11.1 Å². The van der Waals surface area contributed by atoms with Crippen LogP contribution in [0.15, 0.2) is 53.3 Å². The van der Waals surface area contributed by atoms with Gasteiger partial charge in [-0.2, -0.15) is 0 Å². The first-order valence-corrected chi connectivity index (χ1v) is 8.75. The predicted octanol–water partition coefficient (Wildman–Crippen LogP) is 2.49. The van der Waals surface area contributed by atoms with Gasteiger partial charge >= 0.3 is 0 Å². The van der Waals surface area contributed by atoms with Gasteiger partial charge in [0.15, 0.2) is 12.0 Å². The van der Waals surface area contributed by atoms with Crippen LogP contribution in [0.2, 0.25) is 0 Å². The Labute approximate surface area is 155 Å². The summed E-state index contributed by atoms with van der Waals surface area (Å²) in [5.74, 6) is -0.869. The number of carbonyl (C=O) groups is 2. The minimum absolute atomic E-state index is 0.00754. The lowest BCUT2D eigenvalue weighted by atomic mass is 10.1. The smallest absolute Gasteiger partial charge is 0.256 e. The first-order chi connectivity index (χ1) is 13.1. The van der Waals surface area contributed by atoms with Gasteiger partial charge in [-0.1, -0.05) is 18.2 Å². The van der Waals surface area contributed by atoms with E-state index >= 15 is 0 Å². The second-order valence-electron chi connectivity index (χ2n) is 6.48. The van der Waals surface area contributed by atoms with Gasteiger partial charge < -0.3 is 14.2 Å². The van der Waals surface area contributed by atoms with Crippen LogP contribution in [-0.4, -0.2) is 52.8 Å². The lowest BCUT2D eigenvalue weighted by Gasteiger charge is -2.35. The Bertz CT molecular complexity index is 993. The highest BCUT2D eigenvalue weighted by atomic mass is 19.1. The summed E-state index contributed by atoms with van der Waals surface area (Å²) in [6.07, 6.45) is 1.64. The second-order valence-corrected chi connectivity index (χ2v) is 6.48. The lowest BCUT2D eigenvalue weighted by molar-refractivity contribution is -0.131. The Morgan fingerprint density at radius 3 is 2.56 bits per heavy atom. The maximum atomic E-state index is 13.8. The van der Waals surface area contributed by atoms with E-state index in [1.165, 1.54) is 18.5 Å². The topological polar surface area (TPSA) is 66.7 Å². The lowest BCUT2D eigenvalue weighted by Crippen LogP contribution is -2.51. The number of nitrogens with zero attached hydrogens (tertiary/aromatic N) is 3. The molecule has 0 spiro atoms. The largest absolute Gasteiger partial charge is 0.443 e. The van der Waals surface area contributed by atoms with Crippen molar-refractivity contribution in [3.05, 3.63) is 65.8 Å². The molecule has 0 bridgehead atoms. The van der Waals surface area contributed by atoms with E-state index in [1.807, 2.05) is 18.2 Å². The van der Waals surface area contributed by atoms with E-state index in [-0.39, 0.29) is 23.8 Å². The first kappa shape index (κ1) is 17.2. The minimum Gasteiger partial charge on any atom is -0.443 e. The molecule has 2 amide bonds. The highest BCUT2D eigenvalue weighted by Crippen LogP contribution is 2.16. The van der Waals surface area contributed by atoms with Crippen molar-refractivity contribution in [2.75, 3.05) is 26.2 Å². The minimum atomic E-state index is -0.524. The summed E-state index contributed by atoms with van der Waals surface area (Å²) < 4.78 is 19.1. The molecule has 138 valence electrons. The van der Waals surface area contributed by atoms with Gasteiger partial charge in [-0.25, -0.2) is 9.37 Å². The molecule has 0 radical (unpaired) electrons. The molecule has 3 aromatic rings. The van der Waals surface area contributed by atoms with Crippen molar-refractivity contribution < 1.29 is 18.4 Å². The molecule has 1 fully saturated rings. The van der Waals surface area contributed by atoms with E-state index in [9.17, 15) is 14.0 Å². The zero-order valence-corrected chi connectivity index (χ0v) is 14.6. The molecule has 1 aliphatic heterocycles. The summed E-state index contributed by atoms with van der Waals surface area (Å²) in [5, 5.41) is 0. The molecule has 0 aliphatic carbocycles. The number of piperazine rings is 1. The fraction of sp³-hybridized carbons (Fsp3) is 0.250. The van der Waals surface area contributed by atoms with Crippen molar-refractivity contribution in [2.24, 2.45) is 0 Å². The fourth-order valence-electron chi connectivity index (χ4n) is 3.26. The number of halogens is 1. The first-order valence-electron chi connectivity index (χ1n) is 8.75. The number of carbonyl (C=O) groups excluding carboxylic acids is 2. The van der Waals surface area contributed by atoms with Crippen molar-refractivity contribution in [3.8, 4) is 0 Å². The average molecular weight is 367 g/mol. The zero-order valence-electron chi connectivity index (χ0n) is 14.6. The number of fused-ring (bicyclic) bond motifs is 1. The van der Waals surface area contributed by atoms with E-state index in [4.69, 9.17) is 4.42 Å². The predicted molar refractivity (Wildman–Crippen MR) is 96.6 cm³/mol. The summed E-state index contributed by atoms with van der Waals surface area (Å²) in [7, 11) is 0. The van der Waals surface area contributed by atoms with Gasteiger partial charge in [0.2, 0.25) is 5.91 Å². The highest BCUT2D eigenvalue weighted by molar-refractivity contribution is 5.94. The third-order valence-corrected chi connectivity index (χ3v) is 4.77. The Morgan fingerprint density at radius 1 is 1.04 bits per heavy atom. The second kappa shape index (κ2) is 7.19. The van der Waals surface area contributed by atoms with Crippen LogP contribution in [0.1, 0.15) is 15.9 Å². The van der Waals surface area contributed by atoms with Gasteiger partial charge in [-0.3, -0.25) is 9.59 Å². The molecule has 0 N–H and O–H groups in total. The summed E-state index contributed by atoms with van der Waals surface area (Å²) in [4.78, 5) is 32.4. The van der Waals surface area contributed by atoms with Gasteiger partial charge in [0.25, 0.3) is 5.91 Å². The number of benzene rings is 2. The molecule has 1 saturated heterocycles. The number of rotatable bonds is 3. The monoisotopic (exact) mass is 367 g/mol. The molecule has 2 heterocycles. The Morgan fingerprint density at radius 2 is 1.78 bits per heavy atom. The molecule has 1 aromatic heterocycles. The molecule has 27 heavy (non-hydrogen) atoms. The molecule has 0 saturated carbocycles. The van der Waals surface area contributed by atoms with Crippen molar-refractivity contribution >= 4 is 22.9 Å². The van der Waals surface area contributed by atoms with E-state index in [2.05, 4.69) is 4.98 Å². The standard InChI is InChI=1S/C20H18FN3O3/c21-16-4-2-1-3-15(16)20(26)24-9-7-23(8-10-24)19(25)12-14-5-6-17-18(11-14)27-13-22-17/h1-6,11,13H,7-10,12H2. The molecule has 6 nitrogen and oxygen atoms in total. The van der Waals surface area contributed by atoms with Crippen LogP contribution in [0.3, 0.4) is 0 Å². The maximum absolute atomic E-state index is 13.8. The number of oxazole rings is 1. The quantitative estimate of drug-likeness (QED) is 0.713. The Kier molecular flexibility index (Phi) is 4.58. The summed E-state index contributed by atoms with van der Waals surface area (Å²) in [6, 6.07) is 11.5. The van der Waals surface area contributed by atoms with Crippen LogP contribution < -0.4 is 0 Å². The molecule has 7 heteroatoms. The Balaban J connectivity index is 1.36. The number of amides is 2. The Hall–Kier alpha value is -3.22. The molecular weight excluding hydrogens is 349 g/mol. The third-order valence-electron chi connectivity index (χ3n) is 4.77. The van der Waals surface area contributed by atoms with Crippen LogP contribution in [-0.2, 0) is 11.2 Å². The maximum Gasteiger partial charge on any atom is 0.256 e. The van der Waals surface area contributed by atoms with Crippen molar-refractivity contribution in [1.29, 1.82) is 0 Å². The fourth-order valence-corrected chi connectivity index (χ4v) is 3.26. The molecule has 0 unspecified atom stereocenters. The molecule has 4 rings (SSSR count). The van der Waals surface area contributed by atoms with E-state index in [1.54, 1.807) is 21.9 Å². The summed E-state index contributed by atoms with van der Waals surface area (Å²) in [6.45, 7) is 1.65. The summed E-state index contributed by atoms with van der Waals surface area (Å²) >= 11 is 0. The van der Waals surface area contributed by atoms with Crippen LogP contribution in [0.5, 0.6) is 0 Å². The van der Waals surface area contributed by atoms with Gasteiger partial charge in [-0.15, -0.1) is 0 Å². The van der Waals surface area contributed by atoms with Crippen molar-refractivity contribution in [2.45, 2.75) is 6.42 Å². The van der Waals surface area contributed by atoms with E-state index < -0.39 is 5.82 Å². The van der Waals surface area contributed by atoms with Crippen LogP contribution in [0, 0.1) is 5.82 Å². The zero-order chi connectivity index (χ0) is 18.8. The SMILES string of the molecule is O=C(Cc1ccc2ncoc2c1)N1CCN(C(=O)c2ccccc2F)CC1. The van der Waals surface area contributed by atoms with Gasteiger partial charge in [0.05, 0.1) is 12.0 Å². The van der Waals surface area contributed by atoms with Crippen molar-refractivity contribution in [1.82, 2.24) is 14.8 Å². The van der Waals surface area contributed by atoms with Gasteiger partial charge in [-0.05, 0) is 29.8 Å². The number of aromatic nitrogens is 1.